The molecule has 3 nitrogen and oxygen atoms in total. The van der Waals surface area contributed by atoms with Crippen LogP contribution in [-0.2, 0) is 7.05 Å². The lowest BCUT2D eigenvalue weighted by Crippen LogP contribution is -1.91. The van der Waals surface area contributed by atoms with Gasteiger partial charge in [-0.25, -0.2) is 9.97 Å². The summed E-state index contributed by atoms with van der Waals surface area (Å²) in [6, 6.07) is 5.93. The molecular weight excluding hydrogens is 150 g/mol. The van der Waals surface area contributed by atoms with E-state index >= 15 is 0 Å². The van der Waals surface area contributed by atoms with Crippen LogP contribution < -0.4 is 0 Å². The number of hydrogen-bond acceptors (Lipinski definition) is 2. The minimum atomic E-state index is 0.956. The van der Waals surface area contributed by atoms with E-state index < -0.39 is 0 Å². The van der Waals surface area contributed by atoms with E-state index in [2.05, 4.69) is 9.97 Å². The molecule has 0 spiro atoms. The molecule has 0 aliphatic heterocycles. The summed E-state index contributed by atoms with van der Waals surface area (Å²) in [5, 5.41) is 0. The molecule has 2 aromatic rings. The van der Waals surface area contributed by atoms with Crippen LogP contribution in [0, 0.1) is 0 Å². The van der Waals surface area contributed by atoms with E-state index in [0.29, 0.717) is 0 Å². The number of rotatable bonds is 1. The van der Waals surface area contributed by atoms with Gasteiger partial charge in [-0.05, 0) is 18.2 Å². The first-order valence-electron chi connectivity index (χ1n) is 3.75. The molecule has 0 atom stereocenters. The average molecular weight is 159 g/mol. The van der Waals surface area contributed by atoms with Crippen LogP contribution in [-0.4, -0.2) is 14.5 Å². The van der Waals surface area contributed by atoms with Crippen LogP contribution in [0.5, 0.6) is 0 Å². The van der Waals surface area contributed by atoms with Gasteiger partial charge in [0.25, 0.3) is 0 Å². The third kappa shape index (κ3) is 1.09. The molecule has 2 heterocycles. The third-order valence-electron chi connectivity index (χ3n) is 1.79. The van der Waals surface area contributed by atoms with Gasteiger partial charge in [0.05, 0.1) is 11.4 Å². The standard InChI is InChI=1S/C9H9N3/c1-12-6-2-3-9(12)8-4-5-10-7-11-8/h2-7H,1H3. The Balaban J connectivity index is 2.51. The van der Waals surface area contributed by atoms with Gasteiger partial charge in [-0.2, -0.15) is 0 Å². The summed E-state index contributed by atoms with van der Waals surface area (Å²) in [4.78, 5) is 8.01. The van der Waals surface area contributed by atoms with Crippen molar-refractivity contribution in [2.24, 2.45) is 7.05 Å². The van der Waals surface area contributed by atoms with Crippen molar-refractivity contribution in [3.05, 3.63) is 36.9 Å². The van der Waals surface area contributed by atoms with Gasteiger partial charge < -0.3 is 4.57 Å². The molecule has 0 saturated carbocycles. The summed E-state index contributed by atoms with van der Waals surface area (Å²) >= 11 is 0. The van der Waals surface area contributed by atoms with Crippen molar-refractivity contribution in [3.8, 4) is 11.4 Å². The first kappa shape index (κ1) is 7.03. The highest BCUT2D eigenvalue weighted by atomic mass is 14.9. The topological polar surface area (TPSA) is 30.7 Å². The molecule has 0 unspecified atom stereocenters. The summed E-state index contributed by atoms with van der Waals surface area (Å²) in [6.07, 6.45) is 5.30. The van der Waals surface area contributed by atoms with Crippen molar-refractivity contribution >= 4 is 0 Å². The molecule has 2 aromatic heterocycles. The van der Waals surface area contributed by atoms with Crippen molar-refractivity contribution in [3.63, 3.8) is 0 Å². The van der Waals surface area contributed by atoms with Gasteiger partial charge in [-0.1, -0.05) is 0 Å². The number of hydrogen-bond donors (Lipinski definition) is 0. The van der Waals surface area contributed by atoms with Crippen LogP contribution in [0.1, 0.15) is 0 Å². The first-order chi connectivity index (χ1) is 5.88. The zero-order valence-corrected chi connectivity index (χ0v) is 6.81. The van der Waals surface area contributed by atoms with Gasteiger partial charge in [0, 0.05) is 19.4 Å². The zero-order valence-electron chi connectivity index (χ0n) is 6.81. The maximum atomic E-state index is 4.15. The summed E-state index contributed by atoms with van der Waals surface area (Å²) in [5.74, 6) is 0. The SMILES string of the molecule is Cn1cccc1-c1ccncn1. The Hall–Kier alpha value is -1.64. The maximum absolute atomic E-state index is 4.15. The van der Waals surface area contributed by atoms with Gasteiger partial charge in [-0.3, -0.25) is 0 Å². The van der Waals surface area contributed by atoms with E-state index in [-0.39, 0.29) is 0 Å². The summed E-state index contributed by atoms with van der Waals surface area (Å²) in [5.41, 5.74) is 2.06. The quantitative estimate of drug-likeness (QED) is 0.631. The van der Waals surface area contributed by atoms with Crippen molar-refractivity contribution < 1.29 is 0 Å². The molecule has 2 rings (SSSR count). The fourth-order valence-electron chi connectivity index (χ4n) is 1.17. The first-order valence-corrected chi connectivity index (χ1v) is 3.75. The van der Waals surface area contributed by atoms with Crippen LogP contribution in [0.25, 0.3) is 11.4 Å². The number of nitrogens with zero attached hydrogens (tertiary/aromatic N) is 3. The molecular formula is C9H9N3. The fourth-order valence-corrected chi connectivity index (χ4v) is 1.17. The van der Waals surface area contributed by atoms with Crippen LogP contribution in [0.4, 0.5) is 0 Å². The van der Waals surface area contributed by atoms with Crippen LogP contribution in [0.15, 0.2) is 36.9 Å². The lowest BCUT2D eigenvalue weighted by atomic mass is 10.3. The summed E-state index contributed by atoms with van der Waals surface area (Å²) < 4.78 is 2.03. The molecule has 0 bridgehead atoms. The van der Waals surface area contributed by atoms with Gasteiger partial charge in [0.2, 0.25) is 0 Å². The molecule has 0 aromatic carbocycles. The van der Waals surface area contributed by atoms with E-state index in [1.807, 2.05) is 36.0 Å². The normalized spacial score (nSPS) is 10.1. The number of aryl methyl sites for hydroxylation is 1. The summed E-state index contributed by atoms with van der Waals surface area (Å²) in [6.45, 7) is 0. The Kier molecular flexibility index (Phi) is 1.63. The minimum absolute atomic E-state index is 0.956. The third-order valence-corrected chi connectivity index (χ3v) is 1.79. The summed E-state index contributed by atoms with van der Waals surface area (Å²) in [7, 11) is 2.00. The van der Waals surface area contributed by atoms with E-state index in [1.165, 1.54) is 0 Å². The highest BCUT2D eigenvalue weighted by Gasteiger charge is 1.99. The lowest BCUT2D eigenvalue weighted by Gasteiger charge is -2.00. The fraction of sp³-hybridized carbons (Fsp3) is 0.111. The smallest absolute Gasteiger partial charge is 0.116 e. The predicted molar refractivity (Wildman–Crippen MR) is 46.4 cm³/mol. The molecule has 0 aliphatic carbocycles. The van der Waals surface area contributed by atoms with Crippen molar-refractivity contribution in [2.45, 2.75) is 0 Å². The second-order valence-corrected chi connectivity index (χ2v) is 2.60. The molecule has 0 saturated heterocycles. The van der Waals surface area contributed by atoms with E-state index in [4.69, 9.17) is 0 Å². The van der Waals surface area contributed by atoms with Gasteiger partial charge in [0.15, 0.2) is 0 Å². The van der Waals surface area contributed by atoms with Crippen molar-refractivity contribution in [1.29, 1.82) is 0 Å². The predicted octanol–water partition coefficient (Wildman–Crippen LogP) is 1.48. The Labute approximate surface area is 70.7 Å². The lowest BCUT2D eigenvalue weighted by molar-refractivity contribution is 0.928. The van der Waals surface area contributed by atoms with Crippen LogP contribution in [0.3, 0.4) is 0 Å². The van der Waals surface area contributed by atoms with Gasteiger partial charge in [-0.15, -0.1) is 0 Å². The molecule has 0 N–H and O–H groups in total. The second-order valence-electron chi connectivity index (χ2n) is 2.60. The van der Waals surface area contributed by atoms with E-state index in [9.17, 15) is 0 Å². The molecule has 0 fully saturated rings. The zero-order chi connectivity index (χ0) is 8.39. The Morgan fingerprint density at radius 3 is 2.83 bits per heavy atom. The Bertz CT molecular complexity index is 364. The molecule has 12 heavy (non-hydrogen) atoms. The van der Waals surface area contributed by atoms with Crippen LogP contribution in [0.2, 0.25) is 0 Å². The minimum Gasteiger partial charge on any atom is -0.349 e. The molecule has 3 heteroatoms. The van der Waals surface area contributed by atoms with Gasteiger partial charge >= 0.3 is 0 Å². The second kappa shape index (κ2) is 2.77. The molecule has 0 radical (unpaired) electrons. The average Bonchev–Trinajstić information content (AvgIpc) is 2.53. The molecule has 60 valence electrons. The van der Waals surface area contributed by atoms with E-state index in [0.717, 1.165) is 11.4 Å². The highest BCUT2D eigenvalue weighted by Crippen LogP contribution is 2.14. The molecule has 0 amide bonds. The Morgan fingerprint density at radius 1 is 1.33 bits per heavy atom. The van der Waals surface area contributed by atoms with E-state index in [1.54, 1.807) is 12.5 Å². The Morgan fingerprint density at radius 2 is 2.25 bits per heavy atom. The molecule has 0 aliphatic rings. The van der Waals surface area contributed by atoms with Crippen molar-refractivity contribution in [2.75, 3.05) is 0 Å². The number of aromatic nitrogens is 3. The monoisotopic (exact) mass is 159 g/mol. The van der Waals surface area contributed by atoms with Crippen molar-refractivity contribution in [1.82, 2.24) is 14.5 Å². The highest BCUT2D eigenvalue weighted by molar-refractivity contribution is 5.53. The largest absolute Gasteiger partial charge is 0.349 e. The van der Waals surface area contributed by atoms with Gasteiger partial charge in [0.1, 0.15) is 6.33 Å². The van der Waals surface area contributed by atoms with Crippen LogP contribution >= 0.6 is 0 Å². The maximum Gasteiger partial charge on any atom is 0.116 e.